The summed E-state index contributed by atoms with van der Waals surface area (Å²) in [6.45, 7) is 8.82. The van der Waals surface area contributed by atoms with Crippen molar-refractivity contribution in [2.45, 2.75) is 52.0 Å². The zero-order valence-corrected chi connectivity index (χ0v) is 12.2. The highest BCUT2D eigenvalue weighted by Crippen LogP contribution is 2.43. The van der Waals surface area contributed by atoms with Crippen molar-refractivity contribution in [2.75, 3.05) is 6.54 Å². The van der Waals surface area contributed by atoms with Crippen LogP contribution in [0.25, 0.3) is 0 Å². The van der Waals surface area contributed by atoms with Crippen molar-refractivity contribution in [3.8, 4) is 0 Å². The first kappa shape index (κ1) is 14.4. The van der Waals surface area contributed by atoms with Gasteiger partial charge in [0.15, 0.2) is 11.6 Å². The van der Waals surface area contributed by atoms with E-state index in [1.54, 1.807) is 19.1 Å². The van der Waals surface area contributed by atoms with Crippen molar-refractivity contribution < 1.29 is 8.78 Å². The lowest BCUT2D eigenvalue weighted by molar-refractivity contribution is 0.220. The van der Waals surface area contributed by atoms with Crippen molar-refractivity contribution in [2.24, 2.45) is 5.92 Å². The van der Waals surface area contributed by atoms with Crippen molar-refractivity contribution in [3.63, 3.8) is 0 Å². The molecule has 0 radical (unpaired) electrons. The van der Waals surface area contributed by atoms with Crippen molar-refractivity contribution in [1.82, 2.24) is 5.32 Å². The highest BCUT2D eigenvalue weighted by atomic mass is 19.2. The summed E-state index contributed by atoms with van der Waals surface area (Å²) in [6.07, 6.45) is 2.04. The minimum absolute atomic E-state index is 0.0667. The molecule has 2 unspecified atom stereocenters. The van der Waals surface area contributed by atoms with Gasteiger partial charge in [-0.2, -0.15) is 0 Å². The fourth-order valence-electron chi connectivity index (χ4n) is 2.61. The van der Waals surface area contributed by atoms with Crippen molar-refractivity contribution >= 4 is 0 Å². The number of halogens is 2. The van der Waals surface area contributed by atoms with Crippen LogP contribution in [-0.4, -0.2) is 12.1 Å². The van der Waals surface area contributed by atoms with Gasteiger partial charge in [0, 0.05) is 5.54 Å². The van der Waals surface area contributed by atoms with Gasteiger partial charge in [0.25, 0.3) is 0 Å². The number of hydrogen-bond donors (Lipinski definition) is 1. The number of benzene rings is 1. The first-order valence-corrected chi connectivity index (χ1v) is 6.99. The van der Waals surface area contributed by atoms with Gasteiger partial charge in [0.05, 0.1) is 0 Å². The smallest absolute Gasteiger partial charge is 0.162 e. The first-order chi connectivity index (χ1) is 8.79. The Balaban J connectivity index is 2.09. The van der Waals surface area contributed by atoms with Crippen molar-refractivity contribution in [3.05, 3.63) is 34.9 Å². The monoisotopic (exact) mass is 267 g/mol. The lowest BCUT2D eigenvalue weighted by Gasteiger charge is -2.39. The second-order valence-electron chi connectivity index (χ2n) is 6.67. The third-order valence-electron chi connectivity index (χ3n) is 4.02. The summed E-state index contributed by atoms with van der Waals surface area (Å²) in [5.74, 6) is -0.766. The third-order valence-corrected chi connectivity index (χ3v) is 4.02. The maximum absolute atomic E-state index is 14.0. The Morgan fingerprint density at radius 2 is 1.84 bits per heavy atom. The predicted molar refractivity (Wildman–Crippen MR) is 74.3 cm³/mol. The van der Waals surface area contributed by atoms with Gasteiger partial charge in [0.1, 0.15) is 0 Å². The lowest BCUT2D eigenvalue weighted by atomic mass is 9.69. The van der Waals surface area contributed by atoms with E-state index < -0.39 is 11.6 Å². The van der Waals surface area contributed by atoms with E-state index in [1.165, 1.54) is 0 Å². The highest BCUT2D eigenvalue weighted by molar-refractivity contribution is 5.30. The number of hydrogen-bond acceptors (Lipinski definition) is 1. The Morgan fingerprint density at radius 3 is 2.37 bits per heavy atom. The average molecular weight is 267 g/mol. The van der Waals surface area contributed by atoms with E-state index in [2.05, 4.69) is 26.1 Å². The summed E-state index contributed by atoms with van der Waals surface area (Å²) in [5, 5.41) is 3.45. The molecule has 1 aromatic rings. The molecule has 1 aliphatic carbocycles. The molecular weight excluding hydrogens is 244 g/mol. The van der Waals surface area contributed by atoms with Gasteiger partial charge < -0.3 is 5.32 Å². The minimum atomic E-state index is -0.688. The molecule has 0 aromatic heterocycles. The molecular formula is C16H23F2N. The molecule has 1 aliphatic rings. The van der Waals surface area contributed by atoms with Gasteiger partial charge in [-0.1, -0.05) is 12.1 Å². The SMILES string of the molecule is Cc1ccc(C2CCC2CNC(C)(C)C)c(F)c1F. The fourth-order valence-corrected chi connectivity index (χ4v) is 2.61. The summed E-state index contributed by atoms with van der Waals surface area (Å²) in [6, 6.07) is 3.43. The van der Waals surface area contributed by atoms with Crippen LogP contribution in [0.3, 0.4) is 0 Å². The van der Waals surface area contributed by atoms with Crippen molar-refractivity contribution in [1.29, 1.82) is 0 Å². The van der Waals surface area contributed by atoms with E-state index in [1.807, 2.05) is 0 Å². The van der Waals surface area contributed by atoms with Gasteiger partial charge in [-0.05, 0) is 70.0 Å². The Hall–Kier alpha value is -0.960. The third kappa shape index (κ3) is 3.14. The fraction of sp³-hybridized carbons (Fsp3) is 0.625. The molecule has 2 atom stereocenters. The predicted octanol–water partition coefficient (Wildman–Crippen LogP) is 4.15. The lowest BCUT2D eigenvalue weighted by Crippen LogP contribution is -2.43. The van der Waals surface area contributed by atoms with E-state index in [-0.39, 0.29) is 11.5 Å². The topological polar surface area (TPSA) is 12.0 Å². The van der Waals surface area contributed by atoms with E-state index >= 15 is 0 Å². The molecule has 0 saturated heterocycles. The Labute approximate surface area is 114 Å². The molecule has 0 bridgehead atoms. The average Bonchev–Trinajstić information content (AvgIpc) is 2.27. The Bertz CT molecular complexity index is 463. The molecule has 1 nitrogen and oxygen atoms in total. The van der Waals surface area contributed by atoms with Crippen LogP contribution in [0.4, 0.5) is 8.78 Å². The van der Waals surface area contributed by atoms with Gasteiger partial charge in [-0.25, -0.2) is 8.78 Å². The minimum Gasteiger partial charge on any atom is -0.312 e. The van der Waals surface area contributed by atoms with E-state index in [0.717, 1.165) is 19.4 Å². The van der Waals surface area contributed by atoms with Gasteiger partial charge >= 0.3 is 0 Å². The standard InChI is InChI=1S/C16H23F2N/c1-10-5-7-13(15(18)14(10)17)12-8-6-11(12)9-19-16(2,3)4/h5,7,11-12,19H,6,8-9H2,1-4H3. The summed E-state index contributed by atoms with van der Waals surface area (Å²) >= 11 is 0. The Morgan fingerprint density at radius 1 is 1.16 bits per heavy atom. The first-order valence-electron chi connectivity index (χ1n) is 6.99. The quantitative estimate of drug-likeness (QED) is 0.867. The summed E-state index contributed by atoms with van der Waals surface area (Å²) in [5.41, 5.74) is 0.997. The van der Waals surface area contributed by atoms with Crippen LogP contribution in [-0.2, 0) is 0 Å². The largest absolute Gasteiger partial charge is 0.312 e. The highest BCUT2D eigenvalue weighted by Gasteiger charge is 2.35. The van der Waals surface area contributed by atoms with E-state index in [9.17, 15) is 8.78 Å². The van der Waals surface area contributed by atoms with Crippen LogP contribution in [0.5, 0.6) is 0 Å². The molecule has 19 heavy (non-hydrogen) atoms. The maximum atomic E-state index is 14.0. The van der Waals surface area contributed by atoms with Crippen LogP contribution in [0, 0.1) is 24.5 Å². The molecule has 1 aromatic carbocycles. The molecule has 1 fully saturated rings. The molecule has 0 heterocycles. The van der Waals surface area contributed by atoms with Crippen LogP contribution in [0.1, 0.15) is 50.7 Å². The molecule has 0 aliphatic heterocycles. The molecule has 0 amide bonds. The van der Waals surface area contributed by atoms with E-state index in [0.29, 0.717) is 17.0 Å². The number of nitrogens with one attached hydrogen (secondary N) is 1. The van der Waals surface area contributed by atoms with Crippen LogP contribution in [0.2, 0.25) is 0 Å². The van der Waals surface area contributed by atoms with Crippen LogP contribution >= 0.6 is 0 Å². The molecule has 1 saturated carbocycles. The molecule has 106 valence electrons. The zero-order chi connectivity index (χ0) is 14.2. The molecule has 2 rings (SSSR count). The summed E-state index contributed by atoms with van der Waals surface area (Å²) in [7, 11) is 0. The van der Waals surface area contributed by atoms with E-state index in [4.69, 9.17) is 0 Å². The van der Waals surface area contributed by atoms with Gasteiger partial charge in [-0.15, -0.1) is 0 Å². The van der Waals surface area contributed by atoms with Crippen LogP contribution < -0.4 is 5.32 Å². The Kier molecular flexibility index (Phi) is 3.95. The number of rotatable bonds is 3. The zero-order valence-electron chi connectivity index (χ0n) is 12.2. The van der Waals surface area contributed by atoms with Gasteiger partial charge in [0.2, 0.25) is 0 Å². The second kappa shape index (κ2) is 5.20. The second-order valence-corrected chi connectivity index (χ2v) is 6.67. The molecule has 0 spiro atoms. The van der Waals surface area contributed by atoms with Gasteiger partial charge in [-0.3, -0.25) is 0 Å². The molecule has 3 heteroatoms. The normalized spacial score (nSPS) is 23.3. The summed E-state index contributed by atoms with van der Waals surface area (Å²) < 4.78 is 27.6. The summed E-state index contributed by atoms with van der Waals surface area (Å²) in [4.78, 5) is 0. The maximum Gasteiger partial charge on any atom is 0.162 e. The van der Waals surface area contributed by atoms with Crippen LogP contribution in [0.15, 0.2) is 12.1 Å². The molecule has 1 N–H and O–H groups in total. The number of aryl methyl sites for hydroxylation is 1.